The molecule has 0 heterocycles. The fourth-order valence-corrected chi connectivity index (χ4v) is 7.38. The molecule has 0 saturated heterocycles. The summed E-state index contributed by atoms with van der Waals surface area (Å²) in [6.07, 6.45) is 7.40. The summed E-state index contributed by atoms with van der Waals surface area (Å²) in [6, 6.07) is 8.64. The van der Waals surface area contributed by atoms with Crippen molar-refractivity contribution in [3.05, 3.63) is 52.6 Å². The summed E-state index contributed by atoms with van der Waals surface area (Å²) in [4.78, 5) is 14.9. The molecule has 35 heavy (non-hydrogen) atoms. The van der Waals surface area contributed by atoms with Gasteiger partial charge in [-0.05, 0) is 112 Å². The van der Waals surface area contributed by atoms with E-state index in [1.54, 1.807) is 0 Å². The highest BCUT2D eigenvalue weighted by molar-refractivity contribution is 5.97. The van der Waals surface area contributed by atoms with Gasteiger partial charge < -0.3 is 14.7 Å². The van der Waals surface area contributed by atoms with Gasteiger partial charge in [0.2, 0.25) is 0 Å². The number of hydrogen-bond donors (Lipinski definition) is 1. The van der Waals surface area contributed by atoms with Gasteiger partial charge in [-0.25, -0.2) is 0 Å². The molecule has 5 rings (SSSR count). The predicted molar refractivity (Wildman–Crippen MR) is 139 cm³/mol. The third-order valence-electron chi connectivity index (χ3n) is 9.20. The molecule has 0 radical (unpaired) electrons. The Balaban J connectivity index is 1.54. The van der Waals surface area contributed by atoms with Gasteiger partial charge in [0.25, 0.3) is 0 Å². The van der Waals surface area contributed by atoms with Crippen LogP contribution in [0.5, 0.6) is 5.75 Å². The van der Waals surface area contributed by atoms with Gasteiger partial charge in [-0.15, -0.1) is 5.92 Å². The van der Waals surface area contributed by atoms with Gasteiger partial charge in [-0.1, -0.05) is 30.6 Å². The molecule has 0 aliphatic heterocycles. The molecule has 4 heteroatoms. The van der Waals surface area contributed by atoms with E-state index in [2.05, 4.69) is 62.0 Å². The Hall–Kier alpha value is -2.35. The van der Waals surface area contributed by atoms with Crippen molar-refractivity contribution < 1.29 is 14.6 Å². The Morgan fingerprint density at radius 3 is 2.66 bits per heavy atom. The van der Waals surface area contributed by atoms with Gasteiger partial charge in [0, 0.05) is 12.5 Å². The Labute approximate surface area is 210 Å². The van der Waals surface area contributed by atoms with E-state index < -0.39 is 0 Å². The summed E-state index contributed by atoms with van der Waals surface area (Å²) in [5.41, 5.74) is 5.41. The van der Waals surface area contributed by atoms with Crippen molar-refractivity contribution in [2.75, 3.05) is 27.2 Å². The summed E-state index contributed by atoms with van der Waals surface area (Å²) in [7, 11) is 4.10. The first-order chi connectivity index (χ1) is 16.8. The first kappa shape index (κ1) is 24.3. The molecule has 0 amide bonds. The Morgan fingerprint density at radius 1 is 1.17 bits per heavy atom. The number of carbonyl (C=O) groups excluding carboxylic acids is 1. The molecule has 2 saturated carbocycles. The molecular formula is C31H39NO3. The Kier molecular flexibility index (Phi) is 6.68. The summed E-state index contributed by atoms with van der Waals surface area (Å²) < 4.78 is 5.96. The van der Waals surface area contributed by atoms with Crippen molar-refractivity contribution in [2.45, 2.75) is 64.4 Å². The molecule has 0 aromatic heterocycles. The van der Waals surface area contributed by atoms with Gasteiger partial charge in [0.1, 0.15) is 12.4 Å². The van der Waals surface area contributed by atoms with Gasteiger partial charge in [0.05, 0.1) is 12.0 Å². The number of rotatable bonds is 5. The summed E-state index contributed by atoms with van der Waals surface area (Å²) in [5, 5.41) is 11.1. The van der Waals surface area contributed by atoms with E-state index in [-0.39, 0.29) is 29.1 Å². The van der Waals surface area contributed by atoms with Gasteiger partial charge in [0.15, 0.2) is 5.78 Å². The van der Waals surface area contributed by atoms with E-state index in [0.29, 0.717) is 18.4 Å². The second-order valence-electron chi connectivity index (χ2n) is 11.5. The average molecular weight is 474 g/mol. The standard InChI is InChI=1S/C31H39NO3/c1-5-6-22-17-25-21(18-28(22)33)9-12-24-27-13-14-29(34)31(27,2)19-26(30(24)25)20-7-10-23(11-8-20)35-16-15-32(3)4/h7-8,10-11,18,22,24,26-27,29,34H,9,12-17,19H2,1-4H3/t22?,24?,26-,27?,29-,31+/m1/s1. The summed E-state index contributed by atoms with van der Waals surface area (Å²) in [6.45, 7) is 5.70. The maximum atomic E-state index is 12.7. The minimum Gasteiger partial charge on any atom is -0.492 e. The van der Waals surface area contributed by atoms with Crippen molar-refractivity contribution >= 4 is 5.78 Å². The van der Waals surface area contributed by atoms with E-state index in [9.17, 15) is 9.90 Å². The lowest BCUT2D eigenvalue weighted by molar-refractivity contribution is -0.117. The zero-order chi connectivity index (χ0) is 24.7. The highest BCUT2D eigenvalue weighted by atomic mass is 16.5. The maximum absolute atomic E-state index is 12.7. The molecule has 6 atom stereocenters. The number of carbonyl (C=O) groups is 1. The fraction of sp³-hybridized carbons (Fsp3) is 0.581. The SMILES string of the molecule is CC#CC1CC2=C3C(CCC2=CC1=O)C1CC[C@@H](O)[C@@]1(C)C[C@@H]3c1ccc(OCCN(C)C)cc1. The van der Waals surface area contributed by atoms with Gasteiger partial charge in [-0.2, -0.15) is 0 Å². The quantitative estimate of drug-likeness (QED) is 0.602. The lowest BCUT2D eigenvalue weighted by atomic mass is 9.53. The highest BCUT2D eigenvalue weighted by Crippen LogP contribution is 2.64. The fourth-order valence-electron chi connectivity index (χ4n) is 7.38. The predicted octanol–water partition coefficient (Wildman–Crippen LogP) is 5.14. The molecule has 1 aromatic rings. The number of hydrogen-bond acceptors (Lipinski definition) is 4. The topological polar surface area (TPSA) is 49.8 Å². The van der Waals surface area contributed by atoms with Crippen LogP contribution in [0, 0.1) is 35.0 Å². The number of ketones is 1. The smallest absolute Gasteiger partial charge is 0.171 e. The second kappa shape index (κ2) is 9.60. The molecule has 4 aliphatic rings. The largest absolute Gasteiger partial charge is 0.492 e. The van der Waals surface area contributed by atoms with Crippen LogP contribution in [0.25, 0.3) is 0 Å². The van der Waals surface area contributed by atoms with Crippen LogP contribution in [0.3, 0.4) is 0 Å². The third-order valence-corrected chi connectivity index (χ3v) is 9.20. The number of likely N-dealkylation sites (N-methyl/N-ethyl adjacent to an activating group) is 1. The normalized spacial score (nSPS) is 33.9. The minimum atomic E-state index is -0.237. The van der Waals surface area contributed by atoms with Crippen LogP contribution >= 0.6 is 0 Å². The van der Waals surface area contributed by atoms with E-state index in [1.165, 1.54) is 22.3 Å². The van der Waals surface area contributed by atoms with Gasteiger partial charge >= 0.3 is 0 Å². The van der Waals surface area contributed by atoms with Crippen LogP contribution in [-0.4, -0.2) is 49.1 Å². The van der Waals surface area contributed by atoms with Crippen LogP contribution in [-0.2, 0) is 4.79 Å². The number of aliphatic hydroxyl groups is 1. The minimum absolute atomic E-state index is 0.0609. The molecule has 3 unspecified atom stereocenters. The average Bonchev–Trinajstić information content (AvgIpc) is 3.13. The Morgan fingerprint density at radius 2 is 1.94 bits per heavy atom. The van der Waals surface area contributed by atoms with Crippen molar-refractivity contribution in [3.8, 4) is 17.6 Å². The summed E-state index contributed by atoms with van der Waals surface area (Å²) >= 11 is 0. The van der Waals surface area contributed by atoms with Crippen LogP contribution in [0.15, 0.2) is 47.1 Å². The monoisotopic (exact) mass is 473 g/mol. The number of ether oxygens (including phenoxy) is 1. The summed E-state index contributed by atoms with van der Waals surface area (Å²) in [5.74, 6) is 8.25. The number of allylic oxidation sites excluding steroid dienone is 4. The highest BCUT2D eigenvalue weighted by Gasteiger charge is 2.56. The van der Waals surface area contributed by atoms with Crippen molar-refractivity contribution in [1.29, 1.82) is 0 Å². The molecule has 0 spiro atoms. The number of benzene rings is 1. The van der Waals surface area contributed by atoms with E-state index in [1.807, 2.05) is 13.0 Å². The molecule has 1 N–H and O–H groups in total. The number of nitrogens with zero attached hydrogens (tertiary/aromatic N) is 1. The number of aliphatic hydroxyl groups excluding tert-OH is 1. The van der Waals surface area contributed by atoms with Crippen LogP contribution in [0.2, 0.25) is 0 Å². The Bertz CT molecular complexity index is 1100. The molecule has 0 bridgehead atoms. The zero-order valence-electron chi connectivity index (χ0n) is 21.6. The van der Waals surface area contributed by atoms with Crippen molar-refractivity contribution in [1.82, 2.24) is 4.90 Å². The molecule has 1 aromatic carbocycles. The number of fused-ring (bicyclic) bond motifs is 4. The molecule has 186 valence electrons. The third kappa shape index (κ3) is 4.39. The molecular weight excluding hydrogens is 434 g/mol. The van der Waals surface area contributed by atoms with Gasteiger partial charge in [-0.3, -0.25) is 4.79 Å². The van der Waals surface area contributed by atoms with Crippen molar-refractivity contribution in [3.63, 3.8) is 0 Å². The van der Waals surface area contributed by atoms with Crippen molar-refractivity contribution in [2.24, 2.45) is 23.2 Å². The van der Waals surface area contributed by atoms with E-state index in [4.69, 9.17) is 4.74 Å². The van der Waals surface area contributed by atoms with E-state index in [0.717, 1.165) is 50.8 Å². The van der Waals surface area contributed by atoms with E-state index >= 15 is 0 Å². The molecule has 4 aliphatic carbocycles. The first-order valence-electron chi connectivity index (χ1n) is 13.3. The molecule has 4 nitrogen and oxygen atoms in total. The zero-order valence-corrected chi connectivity index (χ0v) is 21.6. The first-order valence-corrected chi connectivity index (χ1v) is 13.3. The maximum Gasteiger partial charge on any atom is 0.171 e. The molecule has 2 fully saturated rings. The van der Waals surface area contributed by atoms with Crippen LogP contribution < -0.4 is 4.74 Å². The lowest BCUT2D eigenvalue weighted by Gasteiger charge is -2.52. The van der Waals surface area contributed by atoms with Crippen LogP contribution in [0.4, 0.5) is 0 Å². The van der Waals surface area contributed by atoms with Crippen LogP contribution in [0.1, 0.15) is 63.9 Å². The second-order valence-corrected chi connectivity index (χ2v) is 11.5. The lowest BCUT2D eigenvalue weighted by Crippen LogP contribution is -2.45.